The molecular formula is C28H31FN2O2. The van der Waals surface area contributed by atoms with Crippen molar-refractivity contribution in [1.82, 2.24) is 10.2 Å². The van der Waals surface area contributed by atoms with Gasteiger partial charge in [-0.1, -0.05) is 79.7 Å². The molecular weight excluding hydrogens is 415 g/mol. The number of halogens is 1. The molecule has 4 nitrogen and oxygen atoms in total. The second kappa shape index (κ2) is 12.0. The summed E-state index contributed by atoms with van der Waals surface area (Å²) < 4.78 is 14.6. The highest BCUT2D eigenvalue weighted by Gasteiger charge is 2.31. The van der Waals surface area contributed by atoms with Crippen molar-refractivity contribution in [1.29, 1.82) is 0 Å². The highest BCUT2D eigenvalue weighted by atomic mass is 19.1. The van der Waals surface area contributed by atoms with Crippen LogP contribution in [-0.4, -0.2) is 29.3 Å². The minimum Gasteiger partial charge on any atom is -0.354 e. The number of aryl methyl sites for hydroxylation is 1. The number of hydrogen-bond donors (Lipinski definition) is 1. The molecule has 0 aliphatic rings. The summed E-state index contributed by atoms with van der Waals surface area (Å²) in [5.74, 6) is -0.825. The molecule has 0 saturated carbocycles. The smallest absolute Gasteiger partial charge is 0.243 e. The Kier molecular flexibility index (Phi) is 8.76. The highest BCUT2D eigenvalue weighted by molar-refractivity contribution is 5.89. The van der Waals surface area contributed by atoms with Crippen LogP contribution in [-0.2, 0) is 29.0 Å². The molecule has 0 radical (unpaired) electrons. The summed E-state index contributed by atoms with van der Waals surface area (Å²) in [5.41, 5.74) is 3.23. The zero-order valence-corrected chi connectivity index (χ0v) is 19.3. The SMILES string of the molecule is CCCNC(=O)C(Cc1ccccc1)N(Cc1ccccc1F)C(=O)Cc1ccccc1C. The number of benzene rings is 3. The highest BCUT2D eigenvalue weighted by Crippen LogP contribution is 2.19. The van der Waals surface area contributed by atoms with Crippen LogP contribution in [0, 0.1) is 12.7 Å². The third-order valence-electron chi connectivity index (χ3n) is 5.72. The van der Waals surface area contributed by atoms with Crippen molar-refractivity contribution in [3.05, 3.63) is 107 Å². The van der Waals surface area contributed by atoms with E-state index in [-0.39, 0.29) is 24.8 Å². The van der Waals surface area contributed by atoms with E-state index in [0.717, 1.165) is 23.1 Å². The fourth-order valence-electron chi connectivity index (χ4n) is 3.80. The van der Waals surface area contributed by atoms with Gasteiger partial charge in [0.25, 0.3) is 0 Å². The summed E-state index contributed by atoms with van der Waals surface area (Å²) in [6.45, 7) is 4.48. The fourth-order valence-corrected chi connectivity index (χ4v) is 3.80. The van der Waals surface area contributed by atoms with Gasteiger partial charge in [-0.05, 0) is 36.1 Å². The van der Waals surface area contributed by atoms with Crippen LogP contribution in [0.15, 0.2) is 78.9 Å². The maximum Gasteiger partial charge on any atom is 0.243 e. The minimum absolute atomic E-state index is 0.0223. The normalized spacial score (nSPS) is 11.6. The Bertz CT molecular complexity index is 1070. The summed E-state index contributed by atoms with van der Waals surface area (Å²) in [6, 6.07) is 22.9. The number of carbonyl (C=O) groups excluding carboxylic acids is 2. The summed E-state index contributed by atoms with van der Waals surface area (Å²) in [6.07, 6.45) is 1.28. The van der Waals surface area contributed by atoms with E-state index in [9.17, 15) is 14.0 Å². The van der Waals surface area contributed by atoms with Crippen molar-refractivity contribution in [3.63, 3.8) is 0 Å². The Balaban J connectivity index is 1.97. The van der Waals surface area contributed by atoms with Gasteiger partial charge in [-0.25, -0.2) is 4.39 Å². The van der Waals surface area contributed by atoms with E-state index in [1.54, 1.807) is 18.2 Å². The lowest BCUT2D eigenvalue weighted by Gasteiger charge is -2.32. The monoisotopic (exact) mass is 446 g/mol. The van der Waals surface area contributed by atoms with E-state index in [0.29, 0.717) is 18.5 Å². The van der Waals surface area contributed by atoms with E-state index in [1.807, 2.05) is 68.4 Å². The molecule has 0 fully saturated rings. The van der Waals surface area contributed by atoms with E-state index < -0.39 is 11.9 Å². The minimum atomic E-state index is -0.755. The first-order valence-corrected chi connectivity index (χ1v) is 11.4. The summed E-state index contributed by atoms with van der Waals surface area (Å²) in [5, 5.41) is 2.94. The van der Waals surface area contributed by atoms with Crippen LogP contribution in [0.4, 0.5) is 4.39 Å². The first-order chi connectivity index (χ1) is 16.0. The lowest BCUT2D eigenvalue weighted by molar-refractivity contribution is -0.140. The van der Waals surface area contributed by atoms with Crippen LogP contribution in [0.1, 0.15) is 35.6 Å². The zero-order valence-electron chi connectivity index (χ0n) is 19.3. The van der Waals surface area contributed by atoms with Crippen molar-refractivity contribution in [3.8, 4) is 0 Å². The van der Waals surface area contributed by atoms with Crippen molar-refractivity contribution in [2.45, 2.75) is 45.7 Å². The Labute approximate surface area is 195 Å². The van der Waals surface area contributed by atoms with E-state index >= 15 is 0 Å². The number of nitrogens with zero attached hydrogens (tertiary/aromatic N) is 1. The van der Waals surface area contributed by atoms with Crippen LogP contribution in [0.25, 0.3) is 0 Å². The Morgan fingerprint density at radius 2 is 1.55 bits per heavy atom. The molecule has 0 heterocycles. The summed E-state index contributed by atoms with van der Waals surface area (Å²) in [4.78, 5) is 28.4. The summed E-state index contributed by atoms with van der Waals surface area (Å²) >= 11 is 0. The molecule has 172 valence electrons. The molecule has 2 amide bonds. The largest absolute Gasteiger partial charge is 0.354 e. The number of amides is 2. The van der Waals surface area contributed by atoms with Gasteiger partial charge in [0.15, 0.2) is 0 Å². The summed E-state index contributed by atoms with van der Waals surface area (Å²) in [7, 11) is 0. The first kappa shape index (κ1) is 24.2. The molecule has 0 saturated heterocycles. The second-order valence-electron chi connectivity index (χ2n) is 8.21. The molecule has 1 unspecified atom stereocenters. The van der Waals surface area contributed by atoms with Gasteiger partial charge in [-0.3, -0.25) is 9.59 Å². The third-order valence-corrected chi connectivity index (χ3v) is 5.72. The molecule has 33 heavy (non-hydrogen) atoms. The number of nitrogens with one attached hydrogen (secondary N) is 1. The molecule has 3 rings (SSSR count). The van der Waals surface area contributed by atoms with Crippen LogP contribution in [0.5, 0.6) is 0 Å². The second-order valence-corrected chi connectivity index (χ2v) is 8.21. The maximum absolute atomic E-state index is 14.6. The lowest BCUT2D eigenvalue weighted by atomic mass is 10.00. The molecule has 0 aromatic heterocycles. The number of carbonyl (C=O) groups is 2. The Morgan fingerprint density at radius 3 is 2.21 bits per heavy atom. The van der Waals surface area contributed by atoms with Gasteiger partial charge in [0.1, 0.15) is 11.9 Å². The van der Waals surface area contributed by atoms with Crippen molar-refractivity contribution >= 4 is 11.8 Å². The van der Waals surface area contributed by atoms with Crippen LogP contribution >= 0.6 is 0 Å². The Hall–Kier alpha value is -3.47. The predicted octanol–water partition coefficient (Wildman–Crippen LogP) is 4.84. The molecule has 3 aromatic rings. The molecule has 1 N–H and O–H groups in total. The lowest BCUT2D eigenvalue weighted by Crippen LogP contribution is -2.51. The van der Waals surface area contributed by atoms with Gasteiger partial charge in [0.2, 0.25) is 11.8 Å². The van der Waals surface area contributed by atoms with Gasteiger partial charge in [-0.15, -0.1) is 0 Å². The van der Waals surface area contributed by atoms with Gasteiger partial charge in [0.05, 0.1) is 6.42 Å². The van der Waals surface area contributed by atoms with Gasteiger partial charge in [-0.2, -0.15) is 0 Å². The molecule has 0 aliphatic heterocycles. The molecule has 0 bridgehead atoms. The van der Waals surface area contributed by atoms with Gasteiger partial charge < -0.3 is 10.2 Å². The predicted molar refractivity (Wildman–Crippen MR) is 129 cm³/mol. The van der Waals surface area contributed by atoms with E-state index in [4.69, 9.17) is 0 Å². The van der Waals surface area contributed by atoms with Crippen LogP contribution < -0.4 is 5.32 Å². The maximum atomic E-state index is 14.6. The van der Waals surface area contributed by atoms with E-state index in [2.05, 4.69) is 5.32 Å². The quantitative estimate of drug-likeness (QED) is 0.484. The molecule has 3 aromatic carbocycles. The fraction of sp³-hybridized carbons (Fsp3) is 0.286. The molecule has 1 atom stereocenters. The molecule has 0 spiro atoms. The topological polar surface area (TPSA) is 49.4 Å². The molecule has 0 aliphatic carbocycles. The molecule has 5 heteroatoms. The van der Waals surface area contributed by atoms with Crippen LogP contribution in [0.2, 0.25) is 0 Å². The Morgan fingerprint density at radius 1 is 0.909 bits per heavy atom. The van der Waals surface area contributed by atoms with Gasteiger partial charge >= 0.3 is 0 Å². The van der Waals surface area contributed by atoms with Crippen molar-refractivity contribution < 1.29 is 14.0 Å². The average molecular weight is 447 g/mol. The standard InChI is InChI=1S/C28H31FN2O2/c1-3-17-30-28(33)26(18-22-12-5-4-6-13-22)31(20-24-15-9-10-16-25(24)29)27(32)19-23-14-8-7-11-21(23)2/h4-16,26H,3,17-20H2,1-2H3,(H,30,33). The number of hydrogen-bond acceptors (Lipinski definition) is 2. The zero-order chi connectivity index (χ0) is 23.6. The van der Waals surface area contributed by atoms with Gasteiger partial charge in [0, 0.05) is 25.1 Å². The number of rotatable bonds is 10. The third kappa shape index (κ3) is 6.75. The van der Waals surface area contributed by atoms with E-state index in [1.165, 1.54) is 11.0 Å². The van der Waals surface area contributed by atoms with Crippen molar-refractivity contribution in [2.75, 3.05) is 6.54 Å². The van der Waals surface area contributed by atoms with Crippen molar-refractivity contribution in [2.24, 2.45) is 0 Å². The van der Waals surface area contributed by atoms with Crippen LogP contribution in [0.3, 0.4) is 0 Å². The average Bonchev–Trinajstić information content (AvgIpc) is 2.83. The first-order valence-electron chi connectivity index (χ1n) is 11.4.